The summed E-state index contributed by atoms with van der Waals surface area (Å²) in [6, 6.07) is 86.7. The molecule has 12 aromatic carbocycles. The zero-order chi connectivity index (χ0) is 62.8. The molecule has 0 amide bonds. The topological polar surface area (TPSA) is 55.4 Å². The number of hydrogen-bond donors (Lipinski definition) is 0. The third-order valence-electron chi connectivity index (χ3n) is 15.0. The minimum atomic E-state index is -0.380. The molecule has 0 aliphatic heterocycles. The number of benzene rings is 12. The molecule has 0 saturated heterocycles. The molecule has 0 aliphatic rings. The zero-order valence-electron chi connectivity index (χ0n) is 51.2. The quantitative estimate of drug-likeness (QED) is 0.0798. The van der Waals surface area contributed by atoms with E-state index in [4.69, 9.17) is 28.4 Å². The van der Waals surface area contributed by atoms with E-state index in [-0.39, 0.29) is 82.4 Å². The SMILES string of the molecule is C.C.C.C.C.C.Cc1ccc(-c2ccc(OCOc3ccc(-c4ccc(C)cc4)c(F)c3)cc2)cc1.Cc1ccc(-c2ccc(OCOc3ccc(-c4ccc(C)cc4)c(F)c3)cc2F)cc1.Cc1ccc(-c2ccc(OCOc3ccc(-c4ccc(C)cc4)cc3)cc2)cc1. The first-order valence-corrected chi connectivity index (χ1v) is 29.6. The Morgan fingerprint density at radius 1 is 0.188 bits per heavy atom. The van der Waals surface area contributed by atoms with Crippen molar-refractivity contribution in [2.75, 3.05) is 20.4 Å². The Kier molecular flexibility index (Phi) is 30.6. The van der Waals surface area contributed by atoms with E-state index in [1.807, 2.05) is 142 Å². The van der Waals surface area contributed by atoms with Crippen LogP contribution in [0.25, 0.3) is 66.8 Å². The van der Waals surface area contributed by atoms with Gasteiger partial charge < -0.3 is 28.4 Å². The maximum absolute atomic E-state index is 14.5. The van der Waals surface area contributed by atoms with Crippen molar-refractivity contribution in [3.05, 3.63) is 324 Å². The lowest BCUT2D eigenvalue weighted by Crippen LogP contribution is -2.06. The van der Waals surface area contributed by atoms with E-state index in [0.29, 0.717) is 39.7 Å². The predicted molar refractivity (Wildman–Crippen MR) is 398 cm³/mol. The highest BCUT2D eigenvalue weighted by atomic mass is 19.1. The summed E-state index contributed by atoms with van der Waals surface area (Å²) in [5.74, 6) is 2.30. The molecule has 6 nitrogen and oxygen atoms in total. The highest BCUT2D eigenvalue weighted by molar-refractivity contribution is 5.69. The summed E-state index contributed by atoms with van der Waals surface area (Å²) in [6.45, 7) is 12.3. The molecule has 0 aliphatic carbocycles. The summed E-state index contributed by atoms with van der Waals surface area (Å²) in [5.41, 5.74) is 18.2. The summed E-state index contributed by atoms with van der Waals surface area (Å²) in [5, 5.41) is 0. The Bertz CT molecular complexity index is 4050. The number of rotatable bonds is 18. The van der Waals surface area contributed by atoms with Crippen molar-refractivity contribution < 1.29 is 41.6 Å². The number of aryl methyl sites for hydroxylation is 6. The van der Waals surface area contributed by atoms with E-state index < -0.39 is 0 Å². The van der Waals surface area contributed by atoms with Crippen molar-refractivity contribution >= 4 is 0 Å². The molecule has 0 bridgehead atoms. The molecule has 0 spiro atoms. The number of hydrogen-bond acceptors (Lipinski definition) is 6. The third-order valence-corrected chi connectivity index (χ3v) is 15.0. The minimum absolute atomic E-state index is 0. The van der Waals surface area contributed by atoms with Gasteiger partial charge in [-0.05, 0) is 164 Å². The van der Waals surface area contributed by atoms with Gasteiger partial charge in [-0.1, -0.05) is 260 Å². The molecule has 0 saturated carbocycles. The van der Waals surface area contributed by atoms with Crippen LogP contribution >= 0.6 is 0 Å². The van der Waals surface area contributed by atoms with E-state index in [1.54, 1.807) is 36.4 Å². The first kappa shape index (κ1) is 77.7. The Hall–Kier alpha value is -10.8. The zero-order valence-corrected chi connectivity index (χ0v) is 51.2. The molecule has 0 aromatic heterocycles. The molecular formula is C87H93F3O6. The molecule has 0 fully saturated rings. The molecular weight excluding hydrogens is 1200 g/mol. The van der Waals surface area contributed by atoms with Gasteiger partial charge in [0.15, 0.2) is 0 Å². The third kappa shape index (κ3) is 21.9. The smallest absolute Gasteiger partial charge is 0.230 e. The fraction of sp³-hybridized carbons (Fsp3) is 0.172. The van der Waals surface area contributed by atoms with Crippen LogP contribution in [0.3, 0.4) is 0 Å². The molecule has 0 radical (unpaired) electrons. The molecule has 0 atom stereocenters. The fourth-order valence-corrected chi connectivity index (χ4v) is 9.62. The van der Waals surface area contributed by atoms with Gasteiger partial charge in [0, 0.05) is 34.9 Å². The molecule has 96 heavy (non-hydrogen) atoms. The van der Waals surface area contributed by atoms with E-state index in [9.17, 15) is 13.2 Å². The number of ether oxygens (including phenoxy) is 6. The second kappa shape index (κ2) is 37.8. The van der Waals surface area contributed by atoms with Crippen molar-refractivity contribution in [1.82, 2.24) is 0 Å². The molecule has 0 N–H and O–H groups in total. The van der Waals surface area contributed by atoms with E-state index in [1.165, 1.54) is 57.1 Å². The molecule has 9 heteroatoms. The molecule has 0 unspecified atom stereocenters. The van der Waals surface area contributed by atoms with Crippen LogP contribution in [-0.4, -0.2) is 20.4 Å². The summed E-state index contributed by atoms with van der Waals surface area (Å²) in [6.07, 6.45) is 0. The van der Waals surface area contributed by atoms with Crippen LogP contribution in [0.1, 0.15) is 77.9 Å². The molecule has 12 aromatic rings. The summed E-state index contributed by atoms with van der Waals surface area (Å²) < 4.78 is 77.1. The van der Waals surface area contributed by atoms with Gasteiger partial charge in [-0.25, -0.2) is 13.2 Å². The van der Waals surface area contributed by atoms with E-state index in [0.717, 1.165) is 56.0 Å². The van der Waals surface area contributed by atoms with Crippen LogP contribution < -0.4 is 28.4 Å². The van der Waals surface area contributed by atoms with Gasteiger partial charge in [-0.3, -0.25) is 0 Å². The van der Waals surface area contributed by atoms with Crippen LogP contribution in [-0.2, 0) is 0 Å². The van der Waals surface area contributed by atoms with Gasteiger partial charge in [0.25, 0.3) is 0 Å². The largest absolute Gasteiger partial charge is 0.458 e. The lowest BCUT2D eigenvalue weighted by atomic mass is 10.0. The van der Waals surface area contributed by atoms with Crippen molar-refractivity contribution in [1.29, 1.82) is 0 Å². The molecule has 0 heterocycles. The Morgan fingerprint density at radius 3 is 0.510 bits per heavy atom. The van der Waals surface area contributed by atoms with Crippen LogP contribution in [0, 0.1) is 59.0 Å². The van der Waals surface area contributed by atoms with Gasteiger partial charge in [0.1, 0.15) is 51.9 Å². The van der Waals surface area contributed by atoms with Crippen molar-refractivity contribution in [2.45, 2.75) is 86.1 Å². The maximum Gasteiger partial charge on any atom is 0.230 e. The lowest BCUT2D eigenvalue weighted by Gasteiger charge is -2.11. The Labute approximate surface area is 570 Å². The maximum atomic E-state index is 14.5. The highest BCUT2D eigenvalue weighted by Crippen LogP contribution is 2.32. The van der Waals surface area contributed by atoms with Crippen LogP contribution in [0.2, 0.25) is 0 Å². The Morgan fingerprint density at radius 2 is 0.333 bits per heavy atom. The normalized spacial score (nSPS) is 9.97. The van der Waals surface area contributed by atoms with Crippen LogP contribution in [0.4, 0.5) is 13.2 Å². The highest BCUT2D eigenvalue weighted by Gasteiger charge is 2.12. The Balaban J connectivity index is 0.000000297. The first-order valence-electron chi connectivity index (χ1n) is 29.6. The van der Waals surface area contributed by atoms with Gasteiger partial charge in [-0.2, -0.15) is 0 Å². The monoisotopic (exact) mass is 1290 g/mol. The first-order chi connectivity index (χ1) is 43.7. The second-order valence-corrected chi connectivity index (χ2v) is 21.9. The average molecular weight is 1290 g/mol. The second-order valence-electron chi connectivity index (χ2n) is 21.9. The predicted octanol–water partition coefficient (Wildman–Crippen LogP) is 25.4. The summed E-state index contributed by atoms with van der Waals surface area (Å²) in [4.78, 5) is 0. The standard InChI is InChI=1S/C27H22F2O2.C27H23FO2.C27H24O2.6CH4/c1-18-3-7-20(8-4-18)24-13-11-22(15-26(24)28)30-17-31-23-12-14-25(27(29)16-23)21-9-5-19(2)6-10-21;1-19-3-7-21(8-4-19)22-11-13-24(14-12-22)29-18-30-25-15-16-26(27(28)17-25)23-9-5-20(2)6-10-23;1-20-3-7-22(8-4-20)24-11-15-26(16-12-24)28-19-29-27-17-13-25(14-18-27)23-9-5-21(2)6-10-23;;;;;;/h3-16H,17H2,1-2H3;3-17H,18H2,1-2H3;3-18H,19H2,1-2H3;6*1H4. The molecule has 12 rings (SSSR count). The van der Waals surface area contributed by atoms with Crippen molar-refractivity contribution in [3.63, 3.8) is 0 Å². The average Bonchev–Trinajstić information content (AvgIpc) is 0.902. The number of halogens is 3. The van der Waals surface area contributed by atoms with E-state index in [2.05, 4.69) is 118 Å². The molecule has 498 valence electrons. The minimum Gasteiger partial charge on any atom is -0.458 e. The van der Waals surface area contributed by atoms with Crippen LogP contribution in [0.15, 0.2) is 273 Å². The van der Waals surface area contributed by atoms with E-state index >= 15 is 0 Å². The fourth-order valence-electron chi connectivity index (χ4n) is 9.62. The summed E-state index contributed by atoms with van der Waals surface area (Å²) >= 11 is 0. The summed E-state index contributed by atoms with van der Waals surface area (Å²) in [7, 11) is 0. The van der Waals surface area contributed by atoms with Gasteiger partial charge in [-0.15, -0.1) is 0 Å². The van der Waals surface area contributed by atoms with Gasteiger partial charge in [0.2, 0.25) is 20.4 Å². The van der Waals surface area contributed by atoms with Crippen molar-refractivity contribution in [3.8, 4) is 101 Å². The van der Waals surface area contributed by atoms with Gasteiger partial charge in [0.05, 0.1) is 0 Å². The lowest BCUT2D eigenvalue weighted by molar-refractivity contribution is 0.119. The van der Waals surface area contributed by atoms with Crippen LogP contribution in [0.5, 0.6) is 34.5 Å². The van der Waals surface area contributed by atoms with Crippen molar-refractivity contribution in [2.24, 2.45) is 0 Å². The van der Waals surface area contributed by atoms with Gasteiger partial charge >= 0.3 is 0 Å².